The molecule has 2 aromatic carbocycles. The molecule has 10 nitrogen and oxygen atoms in total. The van der Waals surface area contributed by atoms with Gasteiger partial charge < -0.3 is 19.3 Å². The molecule has 27 heavy (non-hydrogen) atoms. The fraction of sp³-hybridized carbons (Fsp3) is 0.294. The number of nitro groups is 2. The van der Waals surface area contributed by atoms with E-state index in [1.165, 1.54) is 14.2 Å². The van der Waals surface area contributed by atoms with Gasteiger partial charge >= 0.3 is 11.4 Å². The van der Waals surface area contributed by atoms with Crippen molar-refractivity contribution in [3.05, 3.63) is 55.6 Å². The van der Waals surface area contributed by atoms with Crippen LogP contribution in [0.5, 0.6) is 11.5 Å². The summed E-state index contributed by atoms with van der Waals surface area (Å²) in [7, 11) is 2.79. The van der Waals surface area contributed by atoms with Crippen molar-refractivity contribution in [3.8, 4) is 11.5 Å². The second-order valence-corrected chi connectivity index (χ2v) is 6.28. The first-order valence-electron chi connectivity index (χ1n) is 8.14. The fourth-order valence-electron chi connectivity index (χ4n) is 3.85. The number of nitro benzene ring substituents is 2. The van der Waals surface area contributed by atoms with E-state index >= 15 is 0 Å². The van der Waals surface area contributed by atoms with Crippen LogP contribution < -0.4 is 19.3 Å². The summed E-state index contributed by atoms with van der Waals surface area (Å²) in [6.45, 7) is 1.01. The van der Waals surface area contributed by atoms with Crippen molar-refractivity contribution in [2.75, 3.05) is 30.7 Å². The molecular weight excluding hydrogens is 356 g/mol. The zero-order valence-corrected chi connectivity index (χ0v) is 14.7. The third-order valence-electron chi connectivity index (χ3n) is 4.97. The molecule has 2 aliphatic rings. The first kappa shape index (κ1) is 16.9. The average Bonchev–Trinajstić information content (AvgIpc) is 2.65. The van der Waals surface area contributed by atoms with Crippen molar-refractivity contribution in [1.29, 1.82) is 0 Å². The summed E-state index contributed by atoms with van der Waals surface area (Å²) in [5.41, 5.74) is 2.29. The van der Waals surface area contributed by atoms with Gasteiger partial charge in [-0.15, -0.1) is 0 Å². The third-order valence-corrected chi connectivity index (χ3v) is 4.97. The van der Waals surface area contributed by atoms with Crippen molar-refractivity contribution in [3.63, 3.8) is 0 Å². The summed E-state index contributed by atoms with van der Waals surface area (Å²) in [6.07, 6.45) is 0. The molecule has 0 unspecified atom stereocenters. The molecule has 0 aliphatic carbocycles. The van der Waals surface area contributed by atoms with Crippen LogP contribution in [0, 0.1) is 20.2 Å². The predicted molar refractivity (Wildman–Crippen MR) is 96.5 cm³/mol. The highest BCUT2D eigenvalue weighted by molar-refractivity contribution is 5.77. The lowest BCUT2D eigenvalue weighted by atomic mass is 9.98. The molecule has 0 saturated carbocycles. The average molecular weight is 372 g/mol. The van der Waals surface area contributed by atoms with Crippen molar-refractivity contribution >= 4 is 22.7 Å². The standard InChI is InChI=1S/C17H16N4O6/c1-26-14-5-3-12-10(16(14)20(22)23)7-18-9-19(12)8-11-13(18)4-6-15(27-2)17(11)21(24)25/h3-6H,7-9H2,1-2H3. The van der Waals surface area contributed by atoms with Gasteiger partial charge in [-0.3, -0.25) is 20.2 Å². The smallest absolute Gasteiger partial charge is 0.317 e. The predicted octanol–water partition coefficient (Wildman–Crippen LogP) is 2.82. The van der Waals surface area contributed by atoms with Crippen LogP contribution in [0.15, 0.2) is 24.3 Å². The van der Waals surface area contributed by atoms with Gasteiger partial charge in [0, 0.05) is 0 Å². The van der Waals surface area contributed by atoms with E-state index < -0.39 is 9.85 Å². The molecule has 0 aromatic heterocycles. The lowest BCUT2D eigenvalue weighted by molar-refractivity contribution is -0.386. The maximum absolute atomic E-state index is 11.6. The van der Waals surface area contributed by atoms with Crippen LogP contribution >= 0.6 is 0 Å². The topological polar surface area (TPSA) is 111 Å². The zero-order chi connectivity index (χ0) is 19.3. The maximum atomic E-state index is 11.6. The normalized spacial score (nSPS) is 14.3. The Morgan fingerprint density at radius 1 is 0.815 bits per heavy atom. The van der Waals surface area contributed by atoms with Gasteiger partial charge in [0.1, 0.15) is 0 Å². The van der Waals surface area contributed by atoms with Crippen LogP contribution in [0.25, 0.3) is 0 Å². The van der Waals surface area contributed by atoms with Crippen molar-refractivity contribution in [2.45, 2.75) is 13.1 Å². The number of hydrogen-bond donors (Lipinski definition) is 0. The van der Waals surface area contributed by atoms with Gasteiger partial charge in [-0.1, -0.05) is 0 Å². The first-order valence-corrected chi connectivity index (χ1v) is 8.14. The SMILES string of the molecule is COc1ccc2c(c1[N+](=O)[O-])CN1CN2Cc2c1ccc(OC)c2[N+](=O)[O-]. The van der Waals surface area contributed by atoms with Crippen LogP contribution in [0.3, 0.4) is 0 Å². The van der Waals surface area contributed by atoms with Crippen molar-refractivity contribution in [1.82, 2.24) is 0 Å². The van der Waals surface area contributed by atoms with Crippen LogP contribution in [-0.4, -0.2) is 30.7 Å². The molecule has 0 atom stereocenters. The number of nitrogens with zero attached hydrogens (tertiary/aromatic N) is 4. The van der Waals surface area contributed by atoms with E-state index in [2.05, 4.69) is 0 Å². The highest BCUT2D eigenvalue weighted by atomic mass is 16.6. The molecule has 10 heteroatoms. The Labute approximate surface area is 153 Å². The Bertz CT molecular complexity index is 899. The molecule has 0 spiro atoms. The van der Waals surface area contributed by atoms with Crippen molar-refractivity contribution in [2.24, 2.45) is 0 Å². The van der Waals surface area contributed by atoms with Crippen molar-refractivity contribution < 1.29 is 19.3 Å². The van der Waals surface area contributed by atoms with E-state index in [0.29, 0.717) is 29.2 Å². The van der Waals surface area contributed by atoms with Crippen LogP contribution in [0.4, 0.5) is 22.7 Å². The minimum atomic E-state index is -0.446. The summed E-state index contributed by atoms with van der Waals surface area (Å²) in [5, 5.41) is 23.3. The maximum Gasteiger partial charge on any atom is 0.317 e. The molecule has 2 bridgehead atoms. The molecule has 0 radical (unpaired) electrons. The number of hydrogen-bond acceptors (Lipinski definition) is 8. The minimum Gasteiger partial charge on any atom is -0.490 e. The lowest BCUT2D eigenvalue weighted by Crippen LogP contribution is -2.46. The fourth-order valence-corrected chi connectivity index (χ4v) is 3.85. The largest absolute Gasteiger partial charge is 0.490 e. The van der Waals surface area contributed by atoms with Gasteiger partial charge in [0.05, 0.1) is 66.3 Å². The summed E-state index contributed by atoms with van der Waals surface area (Å²) >= 11 is 0. The number of benzene rings is 2. The molecule has 0 N–H and O–H groups in total. The number of rotatable bonds is 4. The van der Waals surface area contributed by atoms with E-state index in [1.54, 1.807) is 24.3 Å². The monoisotopic (exact) mass is 372 g/mol. The third kappa shape index (κ3) is 2.40. The summed E-state index contributed by atoms with van der Waals surface area (Å²) in [4.78, 5) is 26.1. The summed E-state index contributed by atoms with van der Waals surface area (Å²) in [6, 6.07) is 6.63. The van der Waals surface area contributed by atoms with Gasteiger partial charge in [0.15, 0.2) is 11.5 Å². The van der Waals surface area contributed by atoms with Gasteiger partial charge in [-0.05, 0) is 24.3 Å². The van der Waals surface area contributed by atoms with Crippen LogP contribution in [0.1, 0.15) is 11.1 Å². The Balaban J connectivity index is 1.89. The van der Waals surface area contributed by atoms with Crippen LogP contribution in [-0.2, 0) is 13.1 Å². The molecule has 0 fully saturated rings. The quantitative estimate of drug-likeness (QED) is 0.595. The Morgan fingerprint density at radius 3 is 1.56 bits per heavy atom. The van der Waals surface area contributed by atoms with E-state index in [1.807, 2.05) is 9.80 Å². The van der Waals surface area contributed by atoms with Gasteiger partial charge in [-0.25, -0.2) is 0 Å². The van der Waals surface area contributed by atoms with E-state index in [9.17, 15) is 20.2 Å². The Hall–Kier alpha value is -3.56. The van der Waals surface area contributed by atoms with E-state index in [0.717, 1.165) is 0 Å². The Morgan fingerprint density at radius 2 is 1.22 bits per heavy atom. The molecule has 2 aromatic rings. The number of fused-ring (bicyclic) bond motifs is 6. The van der Waals surface area contributed by atoms with Gasteiger partial charge in [0.25, 0.3) is 0 Å². The number of methoxy groups -OCH3 is 2. The summed E-state index contributed by atoms with van der Waals surface area (Å²) in [5.74, 6) is 0.393. The zero-order valence-electron chi connectivity index (χ0n) is 14.7. The number of anilines is 2. The second kappa shape index (κ2) is 6.01. The molecule has 4 rings (SSSR count). The number of ether oxygens (including phenoxy) is 2. The minimum absolute atomic E-state index is 0.0730. The Kier molecular flexibility index (Phi) is 3.76. The van der Waals surface area contributed by atoms with E-state index in [4.69, 9.17) is 9.47 Å². The molecular formula is C17H16N4O6. The first-order chi connectivity index (χ1) is 13.0. The second-order valence-electron chi connectivity index (χ2n) is 6.28. The van der Waals surface area contributed by atoms with Crippen LogP contribution in [0.2, 0.25) is 0 Å². The molecule has 140 valence electrons. The molecule has 0 saturated heterocycles. The molecule has 2 aliphatic heterocycles. The molecule has 2 heterocycles. The van der Waals surface area contributed by atoms with E-state index in [-0.39, 0.29) is 36.0 Å². The van der Waals surface area contributed by atoms with Gasteiger partial charge in [-0.2, -0.15) is 0 Å². The molecule has 0 amide bonds. The highest BCUT2D eigenvalue weighted by Gasteiger charge is 2.39. The van der Waals surface area contributed by atoms with Gasteiger partial charge in [0.2, 0.25) is 0 Å². The highest BCUT2D eigenvalue weighted by Crippen LogP contribution is 2.48. The lowest BCUT2D eigenvalue weighted by Gasteiger charge is -2.44. The summed E-state index contributed by atoms with van der Waals surface area (Å²) < 4.78 is 10.3.